The molecule has 0 atom stereocenters. The van der Waals surface area contributed by atoms with Crippen molar-refractivity contribution in [1.82, 2.24) is 14.9 Å². The molecule has 3 rings (SSSR count). The predicted octanol–water partition coefficient (Wildman–Crippen LogP) is 3.11. The molecule has 136 valence electrons. The minimum atomic E-state index is -0.199. The summed E-state index contributed by atoms with van der Waals surface area (Å²) in [4.78, 5) is 12.1. The average Bonchev–Trinajstić information content (AvgIpc) is 3.03. The van der Waals surface area contributed by atoms with Gasteiger partial charge in [-0.05, 0) is 29.8 Å². The molecule has 0 fully saturated rings. The summed E-state index contributed by atoms with van der Waals surface area (Å²) in [6.45, 7) is 0. The minimum absolute atomic E-state index is 0.123. The van der Waals surface area contributed by atoms with Crippen LogP contribution < -0.4 is 11.2 Å². The van der Waals surface area contributed by atoms with Gasteiger partial charge in [-0.3, -0.25) is 4.79 Å². The topological polar surface area (TPSA) is 110 Å². The van der Waals surface area contributed by atoms with Gasteiger partial charge in [0, 0.05) is 11.3 Å². The van der Waals surface area contributed by atoms with Crippen LogP contribution in [-0.2, 0) is 11.2 Å². The number of nitrogen functional groups attached to an aromatic ring is 1. The number of hydrogen-bond acceptors (Lipinski definition) is 6. The summed E-state index contributed by atoms with van der Waals surface area (Å²) in [5.41, 5.74) is 2.23. The third kappa shape index (κ3) is 4.58. The first-order valence-electron chi connectivity index (χ1n) is 7.92. The van der Waals surface area contributed by atoms with Crippen LogP contribution in [0.25, 0.3) is 11.4 Å². The number of thioether (sulfide) groups is 1. The second-order valence-corrected chi connectivity index (χ2v) is 6.87. The highest BCUT2D eigenvalue weighted by atomic mass is 35.5. The largest absolute Gasteiger partial charge is 0.335 e. The van der Waals surface area contributed by atoms with E-state index in [-0.39, 0.29) is 11.7 Å². The predicted molar refractivity (Wildman–Crippen MR) is 106 cm³/mol. The van der Waals surface area contributed by atoms with E-state index in [1.54, 1.807) is 36.4 Å². The number of rotatable bonds is 6. The molecule has 1 amide bonds. The lowest BCUT2D eigenvalue weighted by atomic mass is 10.1. The van der Waals surface area contributed by atoms with Crippen LogP contribution in [0, 0.1) is 11.3 Å². The Morgan fingerprint density at radius 3 is 2.67 bits per heavy atom. The van der Waals surface area contributed by atoms with E-state index < -0.39 is 0 Å². The van der Waals surface area contributed by atoms with Gasteiger partial charge in [0.05, 0.1) is 23.3 Å². The van der Waals surface area contributed by atoms with Crippen LogP contribution in [0.4, 0.5) is 5.69 Å². The summed E-state index contributed by atoms with van der Waals surface area (Å²) in [6, 6.07) is 16.4. The number of carbonyl (C=O) groups excluding carboxylic acids is 1. The fourth-order valence-corrected chi connectivity index (χ4v) is 3.20. The molecule has 9 heteroatoms. The van der Waals surface area contributed by atoms with Gasteiger partial charge in [0.2, 0.25) is 11.1 Å². The Morgan fingerprint density at radius 2 is 1.96 bits per heavy atom. The fourth-order valence-electron chi connectivity index (χ4n) is 2.33. The van der Waals surface area contributed by atoms with Gasteiger partial charge in [0.25, 0.3) is 0 Å². The Bertz CT molecular complexity index is 996. The quantitative estimate of drug-likeness (QED) is 0.487. The molecule has 0 saturated heterocycles. The highest BCUT2D eigenvalue weighted by Crippen LogP contribution is 2.27. The lowest BCUT2D eigenvalue weighted by Gasteiger charge is -2.06. The third-order valence-corrected chi connectivity index (χ3v) is 4.91. The van der Waals surface area contributed by atoms with E-state index in [0.717, 1.165) is 5.56 Å². The summed E-state index contributed by atoms with van der Waals surface area (Å²) in [6.07, 6.45) is 0.337. The van der Waals surface area contributed by atoms with Gasteiger partial charge in [-0.2, -0.15) is 5.26 Å². The SMILES string of the molecule is N#CCc1ccc(NC(=O)CSc2nnc(-c3ccccc3Cl)n2N)cc1. The number of halogens is 1. The molecule has 0 aliphatic rings. The van der Waals surface area contributed by atoms with Crippen LogP contribution in [0.2, 0.25) is 5.02 Å². The summed E-state index contributed by atoms with van der Waals surface area (Å²) < 4.78 is 1.32. The van der Waals surface area contributed by atoms with Crippen molar-refractivity contribution in [3.05, 3.63) is 59.1 Å². The molecule has 0 radical (unpaired) electrons. The highest BCUT2D eigenvalue weighted by Gasteiger charge is 2.15. The Kier molecular flexibility index (Phi) is 5.96. The Morgan fingerprint density at radius 1 is 1.22 bits per heavy atom. The number of benzene rings is 2. The van der Waals surface area contributed by atoms with Crippen LogP contribution in [0.3, 0.4) is 0 Å². The summed E-state index contributed by atoms with van der Waals surface area (Å²) in [7, 11) is 0. The molecule has 0 bridgehead atoms. The lowest BCUT2D eigenvalue weighted by Crippen LogP contribution is -2.16. The Balaban J connectivity index is 1.61. The molecule has 1 aromatic heterocycles. The van der Waals surface area contributed by atoms with Crippen LogP contribution in [-0.4, -0.2) is 26.5 Å². The van der Waals surface area contributed by atoms with Gasteiger partial charge < -0.3 is 11.2 Å². The number of aromatic nitrogens is 3. The number of nitrogens with one attached hydrogen (secondary N) is 1. The first kappa shape index (κ1) is 18.8. The van der Waals surface area contributed by atoms with E-state index >= 15 is 0 Å². The molecule has 3 N–H and O–H groups in total. The van der Waals surface area contributed by atoms with E-state index in [4.69, 9.17) is 22.7 Å². The maximum atomic E-state index is 12.1. The van der Waals surface area contributed by atoms with Crippen molar-refractivity contribution >= 4 is 35.0 Å². The first-order chi connectivity index (χ1) is 13.1. The van der Waals surface area contributed by atoms with Crippen LogP contribution >= 0.6 is 23.4 Å². The molecule has 2 aromatic carbocycles. The second kappa shape index (κ2) is 8.58. The van der Waals surface area contributed by atoms with E-state index in [1.165, 1.54) is 16.4 Å². The zero-order valence-electron chi connectivity index (χ0n) is 14.1. The van der Waals surface area contributed by atoms with Crippen molar-refractivity contribution in [2.45, 2.75) is 11.6 Å². The molecule has 0 aliphatic heterocycles. The molecule has 0 unspecified atom stereocenters. The van der Waals surface area contributed by atoms with Crippen molar-refractivity contribution in [1.29, 1.82) is 5.26 Å². The molecular formula is C18H15ClN6OS. The lowest BCUT2D eigenvalue weighted by molar-refractivity contribution is -0.113. The number of hydrogen-bond donors (Lipinski definition) is 2. The highest BCUT2D eigenvalue weighted by molar-refractivity contribution is 7.99. The molecular weight excluding hydrogens is 384 g/mol. The van der Waals surface area contributed by atoms with Crippen molar-refractivity contribution < 1.29 is 4.79 Å². The van der Waals surface area contributed by atoms with Crippen molar-refractivity contribution in [3.8, 4) is 17.5 Å². The van der Waals surface area contributed by atoms with Crippen molar-refractivity contribution in [2.75, 3.05) is 16.9 Å². The Hall–Kier alpha value is -3.02. The number of nitrogens with zero attached hydrogens (tertiary/aromatic N) is 4. The fraction of sp³-hybridized carbons (Fsp3) is 0.111. The van der Waals surface area contributed by atoms with Crippen LogP contribution in [0.5, 0.6) is 0 Å². The number of nitriles is 1. The second-order valence-electron chi connectivity index (χ2n) is 5.52. The van der Waals surface area contributed by atoms with Gasteiger partial charge in [-0.1, -0.05) is 47.6 Å². The molecule has 7 nitrogen and oxygen atoms in total. The van der Waals surface area contributed by atoms with Crippen molar-refractivity contribution in [3.63, 3.8) is 0 Å². The number of carbonyl (C=O) groups is 1. The van der Waals surface area contributed by atoms with Gasteiger partial charge in [-0.15, -0.1) is 10.2 Å². The molecule has 3 aromatic rings. The molecule has 0 spiro atoms. The van der Waals surface area contributed by atoms with E-state index in [1.807, 2.05) is 12.1 Å². The number of nitrogens with two attached hydrogens (primary N) is 1. The first-order valence-corrected chi connectivity index (χ1v) is 9.29. The van der Waals surface area contributed by atoms with E-state index in [2.05, 4.69) is 21.6 Å². The molecule has 0 aliphatic carbocycles. The van der Waals surface area contributed by atoms with E-state index in [0.29, 0.717) is 33.7 Å². The van der Waals surface area contributed by atoms with Gasteiger partial charge in [0.1, 0.15) is 0 Å². The minimum Gasteiger partial charge on any atom is -0.335 e. The summed E-state index contributed by atoms with van der Waals surface area (Å²) in [5.74, 6) is 6.39. The third-order valence-electron chi connectivity index (χ3n) is 3.63. The summed E-state index contributed by atoms with van der Waals surface area (Å²) >= 11 is 7.34. The van der Waals surface area contributed by atoms with Crippen molar-refractivity contribution in [2.24, 2.45) is 0 Å². The normalized spacial score (nSPS) is 10.4. The summed E-state index contributed by atoms with van der Waals surface area (Å²) in [5, 5.41) is 20.5. The monoisotopic (exact) mass is 398 g/mol. The number of anilines is 1. The molecule has 1 heterocycles. The van der Waals surface area contributed by atoms with Gasteiger partial charge >= 0.3 is 0 Å². The van der Waals surface area contributed by atoms with E-state index in [9.17, 15) is 4.79 Å². The maximum Gasteiger partial charge on any atom is 0.234 e. The molecule has 0 saturated carbocycles. The maximum absolute atomic E-state index is 12.1. The zero-order valence-corrected chi connectivity index (χ0v) is 15.7. The Labute approximate surface area is 165 Å². The molecule has 27 heavy (non-hydrogen) atoms. The van der Waals surface area contributed by atoms with Crippen LogP contribution in [0.15, 0.2) is 53.7 Å². The zero-order chi connectivity index (χ0) is 19.2. The van der Waals surface area contributed by atoms with Crippen LogP contribution in [0.1, 0.15) is 5.56 Å². The van der Waals surface area contributed by atoms with Gasteiger partial charge in [-0.25, -0.2) is 4.68 Å². The standard InChI is InChI=1S/C18H15ClN6OS/c19-15-4-2-1-3-14(15)17-23-24-18(25(17)21)27-11-16(26)22-13-7-5-12(6-8-13)9-10-20/h1-8H,9,11,21H2,(H,22,26). The number of amides is 1. The average molecular weight is 399 g/mol. The smallest absolute Gasteiger partial charge is 0.234 e. The van der Waals surface area contributed by atoms with Gasteiger partial charge in [0.15, 0.2) is 5.82 Å².